The van der Waals surface area contributed by atoms with E-state index in [0.717, 1.165) is 12.1 Å². The van der Waals surface area contributed by atoms with Gasteiger partial charge in [-0.1, -0.05) is 50.8 Å². The zero-order valence-corrected chi connectivity index (χ0v) is 11.2. The lowest BCUT2D eigenvalue weighted by atomic mass is 10.1. The molecule has 98 valence electrons. The minimum atomic E-state index is 0.128. The van der Waals surface area contributed by atoms with Crippen LogP contribution in [-0.2, 0) is 13.2 Å². The van der Waals surface area contributed by atoms with Gasteiger partial charge in [-0.15, -0.1) is 0 Å². The van der Waals surface area contributed by atoms with Crippen molar-refractivity contribution in [1.29, 1.82) is 0 Å². The molecule has 0 aliphatic carbocycles. The highest BCUT2D eigenvalue weighted by Gasteiger charge is 2.06. The van der Waals surface area contributed by atoms with E-state index < -0.39 is 0 Å². The summed E-state index contributed by atoms with van der Waals surface area (Å²) in [5, 5.41) is 10.6. The quantitative estimate of drug-likeness (QED) is 0.730. The fourth-order valence-corrected chi connectivity index (χ4v) is 2.52. The van der Waals surface area contributed by atoms with Gasteiger partial charge in [0, 0.05) is 29.2 Å². The molecule has 1 N–H and O–H groups in total. The molecule has 0 amide bonds. The number of nitrogens with zero attached hydrogens (tertiary/aromatic N) is 1. The second-order valence-corrected chi connectivity index (χ2v) is 4.94. The summed E-state index contributed by atoms with van der Waals surface area (Å²) in [6.07, 6.45) is 8.60. The number of aliphatic hydroxyl groups is 1. The number of fused-ring (bicyclic) bond motifs is 1. The van der Waals surface area contributed by atoms with Crippen LogP contribution in [0, 0.1) is 0 Å². The van der Waals surface area contributed by atoms with E-state index in [0.29, 0.717) is 0 Å². The molecule has 0 atom stereocenters. The Labute approximate surface area is 109 Å². The van der Waals surface area contributed by atoms with Gasteiger partial charge < -0.3 is 9.67 Å². The van der Waals surface area contributed by atoms with Gasteiger partial charge in [-0.25, -0.2) is 0 Å². The van der Waals surface area contributed by atoms with Gasteiger partial charge >= 0.3 is 0 Å². The minimum Gasteiger partial charge on any atom is -0.392 e. The van der Waals surface area contributed by atoms with E-state index in [4.69, 9.17) is 0 Å². The molecule has 2 aromatic rings. The Morgan fingerprint density at radius 1 is 1.06 bits per heavy atom. The van der Waals surface area contributed by atoms with E-state index in [-0.39, 0.29) is 6.61 Å². The molecule has 1 aromatic carbocycles. The van der Waals surface area contributed by atoms with Crippen LogP contribution in [0.2, 0.25) is 0 Å². The van der Waals surface area contributed by atoms with E-state index in [1.807, 2.05) is 6.07 Å². The summed E-state index contributed by atoms with van der Waals surface area (Å²) in [4.78, 5) is 0. The summed E-state index contributed by atoms with van der Waals surface area (Å²) in [5.74, 6) is 0. The lowest BCUT2D eigenvalue weighted by molar-refractivity contribution is 0.283. The second-order valence-electron chi connectivity index (χ2n) is 4.94. The first-order chi connectivity index (χ1) is 8.86. The van der Waals surface area contributed by atoms with Crippen LogP contribution >= 0.6 is 0 Å². The van der Waals surface area contributed by atoms with Gasteiger partial charge in [-0.05, 0) is 12.5 Å². The van der Waals surface area contributed by atoms with Crippen molar-refractivity contribution < 1.29 is 5.11 Å². The van der Waals surface area contributed by atoms with Crippen molar-refractivity contribution in [1.82, 2.24) is 4.57 Å². The summed E-state index contributed by atoms with van der Waals surface area (Å²) in [5.41, 5.74) is 2.29. The van der Waals surface area contributed by atoms with Gasteiger partial charge in [0.05, 0.1) is 6.61 Å². The second kappa shape index (κ2) is 6.60. The zero-order valence-electron chi connectivity index (χ0n) is 11.2. The maximum absolute atomic E-state index is 9.38. The fraction of sp³-hybridized carbons (Fsp3) is 0.500. The molecule has 2 nitrogen and oxygen atoms in total. The van der Waals surface area contributed by atoms with Crippen molar-refractivity contribution in [2.75, 3.05) is 0 Å². The SMILES string of the molecule is CCCCCCCn1cc(CO)c2ccccc21. The highest BCUT2D eigenvalue weighted by molar-refractivity contribution is 5.83. The molecule has 1 heterocycles. The van der Waals surface area contributed by atoms with E-state index >= 15 is 0 Å². The average Bonchev–Trinajstić information content (AvgIpc) is 2.77. The minimum absolute atomic E-state index is 0.128. The molecule has 0 bridgehead atoms. The van der Waals surface area contributed by atoms with Crippen LogP contribution in [0.25, 0.3) is 10.9 Å². The first-order valence-electron chi connectivity index (χ1n) is 7.04. The predicted octanol–water partition coefficient (Wildman–Crippen LogP) is 4.10. The number of hydrogen-bond donors (Lipinski definition) is 1. The molecule has 1 aromatic heterocycles. The number of aromatic nitrogens is 1. The Morgan fingerprint density at radius 2 is 1.83 bits per heavy atom. The van der Waals surface area contributed by atoms with Crippen molar-refractivity contribution in [3.05, 3.63) is 36.0 Å². The summed E-state index contributed by atoms with van der Waals surface area (Å²) in [6.45, 7) is 3.43. The molecule has 18 heavy (non-hydrogen) atoms. The molecule has 2 heteroatoms. The van der Waals surface area contributed by atoms with E-state index in [1.54, 1.807) is 0 Å². The van der Waals surface area contributed by atoms with Gasteiger partial charge in [0.25, 0.3) is 0 Å². The van der Waals surface area contributed by atoms with Gasteiger partial charge in [-0.2, -0.15) is 0 Å². The first-order valence-corrected chi connectivity index (χ1v) is 7.04. The van der Waals surface area contributed by atoms with Crippen LogP contribution in [0.3, 0.4) is 0 Å². The zero-order chi connectivity index (χ0) is 12.8. The van der Waals surface area contributed by atoms with Crippen molar-refractivity contribution in [3.63, 3.8) is 0 Å². The van der Waals surface area contributed by atoms with Gasteiger partial charge in [0.1, 0.15) is 0 Å². The van der Waals surface area contributed by atoms with Gasteiger partial charge in [-0.3, -0.25) is 0 Å². The molecule has 0 saturated heterocycles. The molecular weight excluding hydrogens is 222 g/mol. The number of aliphatic hydroxyl groups excluding tert-OH is 1. The normalized spacial score (nSPS) is 11.2. The maximum Gasteiger partial charge on any atom is 0.0702 e. The molecule has 2 rings (SSSR count). The Hall–Kier alpha value is -1.28. The molecule has 0 aliphatic rings. The summed E-state index contributed by atoms with van der Waals surface area (Å²) >= 11 is 0. The number of aryl methyl sites for hydroxylation is 1. The molecule has 0 aliphatic heterocycles. The van der Waals surface area contributed by atoms with Crippen molar-refractivity contribution in [2.45, 2.75) is 52.2 Å². The fourth-order valence-electron chi connectivity index (χ4n) is 2.52. The van der Waals surface area contributed by atoms with Crippen LogP contribution in [0.15, 0.2) is 30.5 Å². The number of benzene rings is 1. The highest BCUT2D eigenvalue weighted by atomic mass is 16.3. The number of rotatable bonds is 7. The molecule has 0 fully saturated rings. The van der Waals surface area contributed by atoms with Crippen molar-refractivity contribution in [3.8, 4) is 0 Å². The van der Waals surface area contributed by atoms with Crippen molar-refractivity contribution in [2.24, 2.45) is 0 Å². The lowest BCUT2D eigenvalue weighted by Crippen LogP contribution is -1.96. The Morgan fingerprint density at radius 3 is 2.61 bits per heavy atom. The summed E-state index contributed by atoms with van der Waals surface area (Å²) < 4.78 is 2.28. The largest absolute Gasteiger partial charge is 0.392 e. The molecular formula is C16H23NO. The number of unbranched alkanes of at least 4 members (excludes halogenated alkanes) is 4. The lowest BCUT2D eigenvalue weighted by Gasteiger charge is -2.04. The topological polar surface area (TPSA) is 25.2 Å². The third-order valence-corrected chi connectivity index (χ3v) is 3.54. The predicted molar refractivity (Wildman–Crippen MR) is 76.6 cm³/mol. The third kappa shape index (κ3) is 2.94. The summed E-state index contributed by atoms with van der Waals surface area (Å²) in [6, 6.07) is 8.33. The van der Waals surface area contributed by atoms with Gasteiger partial charge in [0.2, 0.25) is 0 Å². The van der Waals surface area contributed by atoms with E-state index in [9.17, 15) is 5.11 Å². The smallest absolute Gasteiger partial charge is 0.0702 e. The maximum atomic E-state index is 9.38. The van der Waals surface area contributed by atoms with Crippen molar-refractivity contribution >= 4 is 10.9 Å². The third-order valence-electron chi connectivity index (χ3n) is 3.54. The monoisotopic (exact) mass is 245 g/mol. The van der Waals surface area contributed by atoms with Crippen LogP contribution in [0.5, 0.6) is 0 Å². The Balaban J connectivity index is 2.04. The summed E-state index contributed by atoms with van der Waals surface area (Å²) in [7, 11) is 0. The Kier molecular flexibility index (Phi) is 4.82. The van der Waals surface area contributed by atoms with Crippen LogP contribution < -0.4 is 0 Å². The average molecular weight is 245 g/mol. The van der Waals surface area contributed by atoms with Crippen LogP contribution in [0.1, 0.15) is 44.6 Å². The standard InChI is InChI=1S/C16H23NO/c1-2-3-4-5-8-11-17-12-14(13-18)15-9-6-7-10-16(15)17/h6-7,9-10,12,18H,2-5,8,11,13H2,1H3. The molecule has 0 unspecified atom stereocenters. The first kappa shape index (κ1) is 13.2. The molecule has 0 radical (unpaired) electrons. The van der Waals surface area contributed by atoms with Gasteiger partial charge in [0.15, 0.2) is 0 Å². The molecule has 0 saturated carbocycles. The van der Waals surface area contributed by atoms with Crippen LogP contribution in [0.4, 0.5) is 0 Å². The number of para-hydroxylation sites is 1. The highest BCUT2D eigenvalue weighted by Crippen LogP contribution is 2.22. The van der Waals surface area contributed by atoms with Crippen LogP contribution in [-0.4, -0.2) is 9.67 Å². The number of hydrogen-bond acceptors (Lipinski definition) is 1. The molecule has 0 spiro atoms. The Bertz CT molecular complexity index is 487. The van der Waals surface area contributed by atoms with E-state index in [1.165, 1.54) is 43.0 Å². The van der Waals surface area contributed by atoms with E-state index in [2.05, 4.69) is 35.9 Å².